The summed E-state index contributed by atoms with van der Waals surface area (Å²) in [6.45, 7) is 1.74. The molecule has 0 aliphatic heterocycles. The molecule has 3 aromatic rings. The summed E-state index contributed by atoms with van der Waals surface area (Å²) in [7, 11) is 0. The van der Waals surface area contributed by atoms with E-state index >= 15 is 0 Å². The molecule has 4 rings (SSSR count). The zero-order valence-corrected chi connectivity index (χ0v) is 25.0. The number of anilines is 2. The first-order valence-corrected chi connectivity index (χ1v) is 15.2. The Hall–Kier alpha value is -3.98. The monoisotopic (exact) mass is 607 g/mol. The zero-order chi connectivity index (χ0) is 31.4. The van der Waals surface area contributed by atoms with Gasteiger partial charge in [0.2, 0.25) is 5.95 Å². The standard InChI is InChI=1S/C35H40F3N3O3/c1-25-22-30(24-31(23-25)40-34-39-19-18-32(41-34)35(36,37)38)27-13-8-6-11-26(12-7-9-14-27)28-10-4-2-3-5-15-29(17-16-28)33(43)44-21-20-42/h2-5,10,15-19,22-24,26-27,42H,6-9,11-14,20-21H2,1H3,(H,39,40,41). The van der Waals surface area contributed by atoms with Gasteiger partial charge in [-0.3, -0.25) is 0 Å². The molecule has 0 radical (unpaired) electrons. The Morgan fingerprint density at radius 3 is 2.20 bits per heavy atom. The Morgan fingerprint density at radius 2 is 1.55 bits per heavy atom. The number of aliphatic hydroxyl groups is 1. The number of hydrogen-bond donors (Lipinski definition) is 2. The number of benzene rings is 1. The van der Waals surface area contributed by atoms with Crippen molar-refractivity contribution < 1.29 is 27.8 Å². The number of nitrogens with zero attached hydrogens (tertiary/aromatic N) is 2. The van der Waals surface area contributed by atoms with Crippen LogP contribution >= 0.6 is 0 Å². The van der Waals surface area contributed by atoms with Crippen LogP contribution in [-0.2, 0) is 10.9 Å². The first-order chi connectivity index (χ1) is 21.2. The molecule has 0 bridgehead atoms. The second kappa shape index (κ2) is 16.2. The van der Waals surface area contributed by atoms with Crippen LogP contribution in [0.25, 0.3) is 0 Å². The molecule has 1 fully saturated rings. The van der Waals surface area contributed by atoms with E-state index in [0.717, 1.165) is 69.2 Å². The number of carbonyl (C=O) groups excluding carboxylic acids is 1. The van der Waals surface area contributed by atoms with Gasteiger partial charge >= 0.3 is 12.1 Å². The first kappa shape index (κ1) is 32.9. The van der Waals surface area contributed by atoms with Crippen LogP contribution in [0.5, 0.6) is 0 Å². The lowest BCUT2D eigenvalue weighted by atomic mass is 9.82. The SMILES string of the molecule is Cc1cc(Nc2nccc(C(F)(F)F)n2)cc(C2CCCCC(c3ccccccc(C(=O)OCCO)cc3)CCCC2)c1. The summed E-state index contributed by atoms with van der Waals surface area (Å²) in [4.78, 5) is 20.1. The number of hydrogen-bond acceptors (Lipinski definition) is 6. The second-order valence-corrected chi connectivity index (χ2v) is 11.2. The molecular formula is C35H40F3N3O3. The van der Waals surface area contributed by atoms with Gasteiger partial charge in [-0.25, -0.2) is 14.8 Å². The number of ether oxygens (including phenoxy) is 1. The van der Waals surface area contributed by atoms with Gasteiger partial charge in [0.25, 0.3) is 0 Å². The van der Waals surface area contributed by atoms with Crippen molar-refractivity contribution in [3.63, 3.8) is 0 Å². The summed E-state index contributed by atoms with van der Waals surface area (Å²) < 4.78 is 44.5. The van der Waals surface area contributed by atoms with Gasteiger partial charge in [-0.1, -0.05) is 68.1 Å². The predicted molar refractivity (Wildman–Crippen MR) is 165 cm³/mol. The fourth-order valence-corrected chi connectivity index (χ4v) is 5.73. The van der Waals surface area contributed by atoms with Crippen LogP contribution in [0, 0.1) is 6.92 Å². The highest BCUT2D eigenvalue weighted by Gasteiger charge is 2.32. The van der Waals surface area contributed by atoms with Crippen LogP contribution < -0.4 is 5.32 Å². The molecule has 2 aromatic carbocycles. The summed E-state index contributed by atoms with van der Waals surface area (Å²) in [5.41, 5.74) is 3.53. The third kappa shape index (κ3) is 10.0. The van der Waals surface area contributed by atoms with E-state index < -0.39 is 17.8 Å². The highest BCUT2D eigenvalue weighted by molar-refractivity contribution is 5.89. The molecule has 0 atom stereocenters. The molecule has 1 aromatic heterocycles. The van der Waals surface area contributed by atoms with Gasteiger partial charge in [0.05, 0.1) is 12.2 Å². The van der Waals surface area contributed by atoms with Crippen LogP contribution in [0.3, 0.4) is 0 Å². The predicted octanol–water partition coefficient (Wildman–Crippen LogP) is 8.82. The second-order valence-electron chi connectivity index (χ2n) is 11.2. The molecule has 1 saturated carbocycles. The highest BCUT2D eigenvalue weighted by atomic mass is 19.4. The summed E-state index contributed by atoms with van der Waals surface area (Å²) >= 11 is 0. The summed E-state index contributed by atoms with van der Waals surface area (Å²) in [5.74, 6) is 0.188. The molecule has 0 unspecified atom stereocenters. The molecule has 234 valence electrons. The molecule has 1 heterocycles. The van der Waals surface area contributed by atoms with Crippen LogP contribution in [0.15, 0.2) is 79.0 Å². The van der Waals surface area contributed by atoms with Gasteiger partial charge in [-0.15, -0.1) is 0 Å². The maximum atomic E-state index is 13.1. The molecule has 9 heteroatoms. The fourth-order valence-electron chi connectivity index (χ4n) is 5.73. The van der Waals surface area contributed by atoms with Gasteiger partial charge in [0, 0.05) is 11.9 Å². The first-order valence-electron chi connectivity index (χ1n) is 15.2. The Morgan fingerprint density at radius 1 is 0.886 bits per heavy atom. The lowest BCUT2D eigenvalue weighted by molar-refractivity contribution is -0.141. The number of aromatic nitrogens is 2. The number of rotatable bonds is 7. The van der Waals surface area contributed by atoms with E-state index in [-0.39, 0.29) is 19.2 Å². The molecule has 1 aliphatic carbocycles. The minimum Gasteiger partial charge on any atom is -0.460 e. The largest absolute Gasteiger partial charge is 0.460 e. The van der Waals surface area contributed by atoms with Crippen molar-refractivity contribution in [1.29, 1.82) is 0 Å². The van der Waals surface area contributed by atoms with Crippen molar-refractivity contribution in [1.82, 2.24) is 9.97 Å². The Kier molecular flexibility index (Phi) is 12.1. The number of aryl methyl sites for hydroxylation is 1. The maximum Gasteiger partial charge on any atom is 0.433 e. The van der Waals surface area contributed by atoms with Crippen LogP contribution in [0.4, 0.5) is 24.8 Å². The quantitative estimate of drug-likeness (QED) is 0.261. The number of halogens is 3. The molecule has 0 spiro atoms. The topological polar surface area (TPSA) is 84.3 Å². The van der Waals surface area contributed by atoms with Crippen molar-refractivity contribution in [2.45, 2.75) is 76.3 Å². The highest BCUT2D eigenvalue weighted by Crippen LogP contribution is 2.36. The van der Waals surface area contributed by atoms with Crippen molar-refractivity contribution in [2.24, 2.45) is 0 Å². The molecule has 6 nitrogen and oxygen atoms in total. The van der Waals surface area contributed by atoms with Gasteiger partial charge < -0.3 is 15.2 Å². The minimum absolute atomic E-state index is 0.0371. The van der Waals surface area contributed by atoms with E-state index in [2.05, 4.69) is 27.4 Å². The number of carbonyl (C=O) groups is 1. The molecule has 2 N–H and O–H groups in total. The summed E-state index contributed by atoms with van der Waals surface area (Å²) in [5, 5.41) is 12.0. The third-order valence-electron chi connectivity index (χ3n) is 7.87. The third-order valence-corrected chi connectivity index (χ3v) is 7.87. The van der Waals surface area contributed by atoms with Gasteiger partial charge in [0.1, 0.15) is 12.3 Å². The van der Waals surface area contributed by atoms with E-state index in [4.69, 9.17) is 9.84 Å². The van der Waals surface area contributed by atoms with Gasteiger partial charge in [-0.05, 0) is 91.5 Å². The Labute approximate surface area is 257 Å². The van der Waals surface area contributed by atoms with Crippen molar-refractivity contribution >= 4 is 17.6 Å². The zero-order valence-electron chi connectivity index (χ0n) is 25.0. The molecule has 0 amide bonds. The Balaban J connectivity index is 1.45. The molecule has 1 aliphatic rings. The van der Waals surface area contributed by atoms with E-state index in [1.165, 1.54) is 11.1 Å². The number of alkyl halides is 3. The van der Waals surface area contributed by atoms with Crippen molar-refractivity contribution in [3.8, 4) is 0 Å². The van der Waals surface area contributed by atoms with Crippen molar-refractivity contribution in [3.05, 3.63) is 107 Å². The average molecular weight is 608 g/mol. The maximum absolute atomic E-state index is 13.1. The molecular weight excluding hydrogens is 567 g/mol. The van der Waals surface area contributed by atoms with Crippen LogP contribution in [-0.4, -0.2) is 34.3 Å². The average Bonchev–Trinajstić information content (AvgIpc) is 3.00. The fraction of sp³-hybridized carbons (Fsp3) is 0.400. The van der Waals surface area contributed by atoms with Crippen LogP contribution in [0.1, 0.15) is 95.9 Å². The number of nitrogens with one attached hydrogen (secondary N) is 1. The molecule has 0 saturated heterocycles. The molecule has 44 heavy (non-hydrogen) atoms. The van der Waals surface area contributed by atoms with E-state index in [0.29, 0.717) is 23.1 Å². The Bertz CT molecular complexity index is 1430. The smallest absolute Gasteiger partial charge is 0.433 e. The van der Waals surface area contributed by atoms with E-state index in [1.807, 2.05) is 43.3 Å². The normalized spacial score (nSPS) is 17.7. The number of aliphatic hydroxyl groups excluding tert-OH is 1. The van der Waals surface area contributed by atoms with Crippen LogP contribution in [0.2, 0.25) is 0 Å². The van der Waals surface area contributed by atoms with Gasteiger partial charge in [-0.2, -0.15) is 13.2 Å². The minimum atomic E-state index is -4.53. The lowest BCUT2D eigenvalue weighted by Crippen LogP contribution is -2.10. The van der Waals surface area contributed by atoms with Gasteiger partial charge in [0.15, 0.2) is 0 Å². The van der Waals surface area contributed by atoms with E-state index in [1.54, 1.807) is 18.2 Å². The van der Waals surface area contributed by atoms with E-state index in [9.17, 15) is 18.0 Å². The number of esters is 1. The summed E-state index contributed by atoms with van der Waals surface area (Å²) in [6.07, 6.45) is 4.95. The van der Waals surface area contributed by atoms with Crippen molar-refractivity contribution in [2.75, 3.05) is 18.5 Å². The lowest BCUT2D eigenvalue weighted by Gasteiger charge is -2.23. The summed E-state index contributed by atoms with van der Waals surface area (Å²) in [6, 6.07) is 22.3.